The highest BCUT2D eigenvalue weighted by Crippen LogP contribution is 2.33. The van der Waals surface area contributed by atoms with E-state index in [1.165, 1.54) is 0 Å². The summed E-state index contributed by atoms with van der Waals surface area (Å²) >= 11 is 4.31. The van der Waals surface area contributed by atoms with Gasteiger partial charge in [-0.25, -0.2) is 0 Å². The van der Waals surface area contributed by atoms with Crippen molar-refractivity contribution >= 4 is 56.5 Å². The quantitative estimate of drug-likeness (QED) is 0.615. The number of para-hydroxylation sites is 1. The van der Waals surface area contributed by atoms with Crippen LogP contribution in [0.3, 0.4) is 0 Å². The van der Waals surface area contributed by atoms with Crippen molar-refractivity contribution < 1.29 is 14.4 Å². The molecule has 0 spiro atoms. The van der Waals surface area contributed by atoms with Gasteiger partial charge in [-0.3, -0.25) is 19.3 Å². The van der Waals surface area contributed by atoms with Gasteiger partial charge in [-0.05, 0) is 41.6 Å². The molecule has 2 heterocycles. The normalized spacial score (nSPS) is 18.4. The molecule has 2 aromatic rings. The molecule has 2 aromatic carbocycles. The van der Waals surface area contributed by atoms with Crippen molar-refractivity contribution in [2.24, 2.45) is 0 Å². The summed E-state index contributed by atoms with van der Waals surface area (Å²) in [6.45, 7) is 2.36. The minimum atomic E-state index is -0.419. The van der Waals surface area contributed by atoms with Gasteiger partial charge in [0, 0.05) is 36.3 Å². The summed E-state index contributed by atoms with van der Waals surface area (Å²) in [7, 11) is 0. The molecular formula is C22H20BrN3O3S. The van der Waals surface area contributed by atoms with Crippen molar-refractivity contribution in [3.63, 3.8) is 0 Å². The fraction of sp³-hybridized carbons (Fsp3) is 0.227. The molecule has 6 nitrogen and oxygen atoms in total. The highest BCUT2D eigenvalue weighted by atomic mass is 79.9. The fourth-order valence-electron chi connectivity index (χ4n) is 3.46. The number of hydrogen-bond acceptors (Lipinski definition) is 5. The summed E-state index contributed by atoms with van der Waals surface area (Å²) in [4.78, 5) is 43.1. The van der Waals surface area contributed by atoms with Crippen LogP contribution in [0.1, 0.15) is 5.56 Å². The number of carbonyl (C=O) groups is 3. The molecule has 3 amide bonds. The van der Waals surface area contributed by atoms with Crippen molar-refractivity contribution in [2.45, 2.75) is 0 Å². The molecule has 2 aliphatic heterocycles. The number of piperazine rings is 1. The number of imide groups is 1. The summed E-state index contributed by atoms with van der Waals surface area (Å²) in [6.07, 6.45) is 1.68. The van der Waals surface area contributed by atoms with Crippen molar-refractivity contribution in [3.05, 3.63) is 69.5 Å². The van der Waals surface area contributed by atoms with Crippen LogP contribution in [0.4, 0.5) is 10.5 Å². The van der Waals surface area contributed by atoms with Gasteiger partial charge in [0.25, 0.3) is 11.1 Å². The third-order valence-corrected chi connectivity index (χ3v) is 6.74. The number of nitrogens with zero attached hydrogens (tertiary/aromatic N) is 3. The van der Waals surface area contributed by atoms with Crippen LogP contribution < -0.4 is 4.90 Å². The van der Waals surface area contributed by atoms with E-state index in [-0.39, 0.29) is 12.5 Å². The van der Waals surface area contributed by atoms with Gasteiger partial charge in [0.05, 0.1) is 4.91 Å². The highest BCUT2D eigenvalue weighted by Gasteiger charge is 2.37. The summed E-state index contributed by atoms with van der Waals surface area (Å²) < 4.78 is 0.837. The topological polar surface area (TPSA) is 60.9 Å². The molecule has 4 rings (SSSR count). The number of rotatable bonds is 4. The molecule has 0 aromatic heterocycles. The smallest absolute Gasteiger partial charge is 0.294 e. The standard InChI is InChI=1S/C22H20BrN3O3S/c23-18-9-5-4-6-16(18)14-19-21(28)26(22(29)30-19)15-20(27)25-12-10-24(11-13-25)17-7-2-1-3-8-17/h1-9,14H,10-13,15H2/b19-14+. The van der Waals surface area contributed by atoms with Gasteiger partial charge >= 0.3 is 0 Å². The first-order valence-electron chi connectivity index (χ1n) is 9.60. The second-order valence-electron chi connectivity index (χ2n) is 6.99. The Balaban J connectivity index is 1.37. The van der Waals surface area contributed by atoms with E-state index in [0.717, 1.165) is 45.5 Å². The van der Waals surface area contributed by atoms with E-state index in [0.29, 0.717) is 18.0 Å². The number of amides is 3. The molecule has 0 aliphatic carbocycles. The van der Waals surface area contributed by atoms with Gasteiger partial charge < -0.3 is 9.80 Å². The lowest BCUT2D eigenvalue weighted by Crippen LogP contribution is -2.51. The van der Waals surface area contributed by atoms with Crippen molar-refractivity contribution in [1.82, 2.24) is 9.80 Å². The van der Waals surface area contributed by atoms with Crippen LogP contribution in [0, 0.1) is 0 Å². The molecule has 30 heavy (non-hydrogen) atoms. The molecule has 0 N–H and O–H groups in total. The van der Waals surface area contributed by atoms with E-state index in [9.17, 15) is 14.4 Å². The molecule has 0 radical (unpaired) electrons. The molecule has 8 heteroatoms. The molecular weight excluding hydrogens is 466 g/mol. The molecule has 2 saturated heterocycles. The summed E-state index contributed by atoms with van der Waals surface area (Å²) in [5.41, 5.74) is 1.94. The molecule has 0 atom stereocenters. The van der Waals surface area contributed by atoms with Crippen molar-refractivity contribution in [3.8, 4) is 0 Å². The fourth-order valence-corrected chi connectivity index (χ4v) is 4.69. The minimum absolute atomic E-state index is 0.202. The number of anilines is 1. The minimum Gasteiger partial charge on any atom is -0.368 e. The Morgan fingerprint density at radius 3 is 2.33 bits per heavy atom. The zero-order valence-corrected chi connectivity index (χ0v) is 18.6. The third-order valence-electron chi connectivity index (χ3n) is 5.11. The zero-order valence-electron chi connectivity index (χ0n) is 16.2. The highest BCUT2D eigenvalue weighted by molar-refractivity contribution is 9.10. The van der Waals surface area contributed by atoms with Crippen molar-refractivity contribution in [1.29, 1.82) is 0 Å². The van der Waals surface area contributed by atoms with Crippen molar-refractivity contribution in [2.75, 3.05) is 37.6 Å². The summed E-state index contributed by atoms with van der Waals surface area (Å²) in [5, 5.41) is -0.408. The van der Waals surface area contributed by atoms with Crippen LogP contribution in [-0.2, 0) is 9.59 Å². The van der Waals surface area contributed by atoms with E-state index in [4.69, 9.17) is 0 Å². The Hall–Kier alpha value is -2.58. The SMILES string of the molecule is O=C(CN1C(=O)S/C(=C/c2ccccc2Br)C1=O)N1CCN(c2ccccc2)CC1. The Kier molecular flexibility index (Phi) is 6.24. The predicted octanol–water partition coefficient (Wildman–Crippen LogP) is 3.83. The number of hydrogen-bond donors (Lipinski definition) is 0. The molecule has 0 unspecified atom stereocenters. The van der Waals surface area contributed by atoms with E-state index in [1.54, 1.807) is 11.0 Å². The van der Waals surface area contributed by atoms with Gasteiger partial charge in [0.15, 0.2) is 0 Å². The van der Waals surface area contributed by atoms with Crippen LogP contribution in [-0.4, -0.2) is 59.6 Å². The summed E-state index contributed by atoms with van der Waals surface area (Å²) in [6, 6.07) is 17.5. The Bertz CT molecular complexity index is 1000. The average Bonchev–Trinajstić information content (AvgIpc) is 3.03. The van der Waals surface area contributed by atoms with E-state index >= 15 is 0 Å². The number of carbonyl (C=O) groups excluding carboxylic acids is 3. The largest absolute Gasteiger partial charge is 0.368 e. The average molecular weight is 486 g/mol. The molecule has 0 bridgehead atoms. The van der Waals surface area contributed by atoms with Gasteiger partial charge in [-0.15, -0.1) is 0 Å². The maximum atomic E-state index is 12.7. The van der Waals surface area contributed by atoms with Gasteiger partial charge in [0.2, 0.25) is 5.91 Å². The monoisotopic (exact) mass is 485 g/mol. The maximum absolute atomic E-state index is 12.7. The van der Waals surface area contributed by atoms with Crippen LogP contribution in [0.25, 0.3) is 6.08 Å². The van der Waals surface area contributed by atoms with Gasteiger partial charge in [-0.2, -0.15) is 0 Å². The molecule has 2 aliphatic rings. The van der Waals surface area contributed by atoms with E-state index in [2.05, 4.69) is 33.0 Å². The van der Waals surface area contributed by atoms with Crippen LogP contribution >= 0.6 is 27.7 Å². The lowest BCUT2D eigenvalue weighted by Gasteiger charge is -2.36. The second-order valence-corrected chi connectivity index (χ2v) is 8.84. The lowest BCUT2D eigenvalue weighted by atomic mass is 10.2. The first-order valence-corrected chi connectivity index (χ1v) is 11.2. The second kappa shape index (κ2) is 9.06. The molecule has 2 fully saturated rings. The van der Waals surface area contributed by atoms with Crippen LogP contribution in [0.2, 0.25) is 0 Å². The van der Waals surface area contributed by atoms with E-state index < -0.39 is 11.1 Å². The molecule has 0 saturated carbocycles. The Morgan fingerprint density at radius 1 is 0.967 bits per heavy atom. The number of thioether (sulfide) groups is 1. The predicted molar refractivity (Wildman–Crippen MR) is 122 cm³/mol. The van der Waals surface area contributed by atoms with E-state index in [1.807, 2.05) is 42.5 Å². The van der Waals surface area contributed by atoms with Gasteiger partial charge in [-0.1, -0.05) is 52.3 Å². The summed E-state index contributed by atoms with van der Waals surface area (Å²) in [5.74, 6) is -0.621. The first-order chi connectivity index (χ1) is 14.5. The number of benzene rings is 2. The number of halogens is 1. The molecule has 154 valence electrons. The third kappa shape index (κ3) is 4.44. The Labute approximate surface area is 187 Å². The Morgan fingerprint density at radius 2 is 1.63 bits per heavy atom. The zero-order chi connectivity index (χ0) is 21.1. The first kappa shape index (κ1) is 20.7. The maximum Gasteiger partial charge on any atom is 0.294 e. The lowest BCUT2D eigenvalue weighted by molar-refractivity contribution is -0.136. The van der Waals surface area contributed by atoms with Crippen LogP contribution in [0.15, 0.2) is 64.0 Å². The van der Waals surface area contributed by atoms with Crippen LogP contribution in [0.5, 0.6) is 0 Å². The van der Waals surface area contributed by atoms with Gasteiger partial charge in [0.1, 0.15) is 6.54 Å².